The Labute approximate surface area is 141 Å². The Morgan fingerprint density at radius 1 is 1.04 bits per heavy atom. The number of benzene rings is 2. The molecule has 1 heterocycles. The van der Waals surface area contributed by atoms with Crippen molar-refractivity contribution < 1.29 is 9.84 Å². The lowest BCUT2D eigenvalue weighted by molar-refractivity contribution is 0.411. The van der Waals surface area contributed by atoms with Crippen LogP contribution in [0, 0.1) is 6.92 Å². The van der Waals surface area contributed by atoms with Crippen molar-refractivity contribution in [1.82, 2.24) is 4.98 Å². The SMILES string of the molecule is COc1cc(CNc2cncc(-c3cccc(O)c3)c2)ccc1C. The maximum atomic E-state index is 9.62. The molecule has 0 saturated carbocycles. The molecule has 0 aliphatic heterocycles. The lowest BCUT2D eigenvalue weighted by atomic mass is 10.1. The highest BCUT2D eigenvalue weighted by Gasteiger charge is 2.03. The van der Waals surface area contributed by atoms with Gasteiger partial charge in [-0.05, 0) is 47.9 Å². The minimum Gasteiger partial charge on any atom is -0.508 e. The van der Waals surface area contributed by atoms with Crippen molar-refractivity contribution >= 4 is 5.69 Å². The van der Waals surface area contributed by atoms with Gasteiger partial charge in [-0.25, -0.2) is 0 Å². The summed E-state index contributed by atoms with van der Waals surface area (Å²) in [6, 6.07) is 15.3. The summed E-state index contributed by atoms with van der Waals surface area (Å²) in [5.74, 6) is 1.14. The lowest BCUT2D eigenvalue weighted by Crippen LogP contribution is -2.01. The van der Waals surface area contributed by atoms with Gasteiger partial charge in [0.05, 0.1) is 12.8 Å². The number of aromatic nitrogens is 1. The van der Waals surface area contributed by atoms with Crippen molar-refractivity contribution in [1.29, 1.82) is 0 Å². The van der Waals surface area contributed by atoms with Gasteiger partial charge in [0.2, 0.25) is 0 Å². The molecule has 0 unspecified atom stereocenters. The van der Waals surface area contributed by atoms with Crippen LogP contribution < -0.4 is 10.1 Å². The smallest absolute Gasteiger partial charge is 0.122 e. The quantitative estimate of drug-likeness (QED) is 0.732. The number of pyridine rings is 1. The predicted molar refractivity (Wildman–Crippen MR) is 96.4 cm³/mol. The summed E-state index contributed by atoms with van der Waals surface area (Å²) in [5.41, 5.74) is 5.07. The average Bonchev–Trinajstić information content (AvgIpc) is 2.61. The Morgan fingerprint density at radius 2 is 1.92 bits per heavy atom. The zero-order valence-electron chi connectivity index (χ0n) is 13.8. The fourth-order valence-electron chi connectivity index (χ4n) is 2.56. The second-order valence-electron chi connectivity index (χ2n) is 5.67. The van der Waals surface area contributed by atoms with E-state index in [1.165, 1.54) is 0 Å². The molecule has 3 aromatic rings. The first-order valence-corrected chi connectivity index (χ1v) is 7.77. The fourth-order valence-corrected chi connectivity index (χ4v) is 2.56. The van der Waals surface area contributed by atoms with Gasteiger partial charge in [0.1, 0.15) is 11.5 Å². The van der Waals surface area contributed by atoms with Gasteiger partial charge in [-0.3, -0.25) is 4.98 Å². The first-order valence-electron chi connectivity index (χ1n) is 7.77. The molecule has 1 aromatic heterocycles. The molecule has 0 saturated heterocycles. The van der Waals surface area contributed by atoms with Crippen LogP contribution in [0.1, 0.15) is 11.1 Å². The van der Waals surface area contributed by atoms with Gasteiger partial charge < -0.3 is 15.2 Å². The zero-order chi connectivity index (χ0) is 16.9. The van der Waals surface area contributed by atoms with Crippen LogP contribution >= 0.6 is 0 Å². The average molecular weight is 320 g/mol. The number of methoxy groups -OCH3 is 1. The van der Waals surface area contributed by atoms with Crippen LogP contribution in [0.25, 0.3) is 11.1 Å². The van der Waals surface area contributed by atoms with Gasteiger partial charge in [0.25, 0.3) is 0 Å². The molecule has 3 rings (SSSR count). The molecule has 0 radical (unpaired) electrons. The number of aryl methyl sites for hydroxylation is 1. The summed E-state index contributed by atoms with van der Waals surface area (Å²) in [5, 5.41) is 13.0. The van der Waals surface area contributed by atoms with Crippen LogP contribution in [0.2, 0.25) is 0 Å². The second-order valence-corrected chi connectivity index (χ2v) is 5.67. The maximum absolute atomic E-state index is 9.62. The normalized spacial score (nSPS) is 10.4. The summed E-state index contributed by atoms with van der Waals surface area (Å²) in [6.07, 6.45) is 3.58. The zero-order valence-corrected chi connectivity index (χ0v) is 13.8. The van der Waals surface area contributed by atoms with Gasteiger partial charge in [-0.1, -0.05) is 24.3 Å². The molecule has 0 amide bonds. The molecule has 0 aliphatic rings. The van der Waals surface area contributed by atoms with E-state index >= 15 is 0 Å². The number of anilines is 1. The Bertz CT molecular complexity index is 847. The first kappa shape index (κ1) is 15.9. The summed E-state index contributed by atoms with van der Waals surface area (Å²) in [6.45, 7) is 2.71. The van der Waals surface area contributed by atoms with Crippen LogP contribution in [-0.4, -0.2) is 17.2 Å². The van der Waals surface area contributed by atoms with Crippen LogP contribution in [0.4, 0.5) is 5.69 Å². The van der Waals surface area contributed by atoms with Crippen molar-refractivity contribution in [2.24, 2.45) is 0 Å². The third kappa shape index (κ3) is 3.66. The minimum absolute atomic E-state index is 0.248. The van der Waals surface area contributed by atoms with Crippen molar-refractivity contribution in [3.05, 3.63) is 72.1 Å². The number of phenolic OH excluding ortho intramolecular Hbond substituents is 1. The number of phenols is 1. The molecule has 0 aliphatic carbocycles. The molecule has 4 nitrogen and oxygen atoms in total. The van der Waals surface area contributed by atoms with Gasteiger partial charge in [-0.15, -0.1) is 0 Å². The number of ether oxygens (including phenoxy) is 1. The van der Waals surface area contributed by atoms with Crippen molar-refractivity contribution in [3.63, 3.8) is 0 Å². The summed E-state index contributed by atoms with van der Waals surface area (Å²) in [7, 11) is 1.68. The molecule has 122 valence electrons. The number of hydrogen-bond donors (Lipinski definition) is 2. The molecule has 24 heavy (non-hydrogen) atoms. The summed E-state index contributed by atoms with van der Waals surface area (Å²) >= 11 is 0. The highest BCUT2D eigenvalue weighted by atomic mass is 16.5. The van der Waals surface area contributed by atoms with Crippen molar-refractivity contribution in [2.75, 3.05) is 12.4 Å². The van der Waals surface area contributed by atoms with E-state index < -0.39 is 0 Å². The molecular formula is C20H20N2O2. The van der Waals surface area contributed by atoms with E-state index in [0.717, 1.165) is 33.7 Å². The molecule has 2 aromatic carbocycles. The summed E-state index contributed by atoms with van der Waals surface area (Å²) < 4.78 is 5.36. The number of rotatable bonds is 5. The molecule has 0 fully saturated rings. The molecule has 0 atom stereocenters. The van der Waals surface area contributed by atoms with E-state index in [-0.39, 0.29) is 5.75 Å². The third-order valence-corrected chi connectivity index (χ3v) is 3.89. The van der Waals surface area contributed by atoms with Gasteiger partial charge in [0.15, 0.2) is 0 Å². The van der Waals surface area contributed by atoms with E-state index in [1.807, 2.05) is 31.2 Å². The predicted octanol–water partition coefficient (Wildman–Crippen LogP) is 4.38. The monoisotopic (exact) mass is 320 g/mol. The first-order chi connectivity index (χ1) is 11.7. The Hall–Kier alpha value is -3.01. The van der Waals surface area contributed by atoms with Crippen LogP contribution in [0.5, 0.6) is 11.5 Å². The lowest BCUT2D eigenvalue weighted by Gasteiger charge is -2.11. The maximum Gasteiger partial charge on any atom is 0.122 e. The molecule has 2 N–H and O–H groups in total. The molecule has 0 spiro atoms. The van der Waals surface area contributed by atoms with E-state index in [2.05, 4.69) is 22.4 Å². The molecule has 0 bridgehead atoms. The van der Waals surface area contributed by atoms with Crippen LogP contribution in [0.3, 0.4) is 0 Å². The van der Waals surface area contributed by atoms with Gasteiger partial charge in [-0.2, -0.15) is 0 Å². The third-order valence-electron chi connectivity index (χ3n) is 3.89. The van der Waals surface area contributed by atoms with Crippen LogP contribution in [-0.2, 0) is 6.54 Å². The molecule has 4 heteroatoms. The Kier molecular flexibility index (Phi) is 4.66. The largest absolute Gasteiger partial charge is 0.508 e. The van der Waals surface area contributed by atoms with Gasteiger partial charge >= 0.3 is 0 Å². The van der Waals surface area contributed by atoms with E-state index in [9.17, 15) is 5.11 Å². The fraction of sp³-hybridized carbons (Fsp3) is 0.150. The summed E-state index contributed by atoms with van der Waals surface area (Å²) in [4.78, 5) is 4.28. The standard InChI is InChI=1S/C20H20N2O2/c1-14-6-7-15(8-20(14)24-2)11-22-18-9-17(12-21-13-18)16-4-3-5-19(23)10-16/h3-10,12-13,22-23H,11H2,1-2H3. The number of nitrogens with zero attached hydrogens (tertiary/aromatic N) is 1. The van der Waals surface area contributed by atoms with E-state index in [1.54, 1.807) is 31.6 Å². The van der Waals surface area contributed by atoms with Crippen LogP contribution in [0.15, 0.2) is 60.9 Å². The molecular weight excluding hydrogens is 300 g/mol. The number of nitrogens with one attached hydrogen (secondary N) is 1. The van der Waals surface area contributed by atoms with Gasteiger partial charge in [0, 0.05) is 24.5 Å². The Balaban J connectivity index is 1.75. The van der Waals surface area contributed by atoms with Crippen molar-refractivity contribution in [3.8, 4) is 22.6 Å². The topological polar surface area (TPSA) is 54.4 Å². The number of aromatic hydroxyl groups is 1. The van der Waals surface area contributed by atoms with E-state index in [0.29, 0.717) is 6.54 Å². The highest BCUT2D eigenvalue weighted by molar-refractivity contribution is 5.67. The minimum atomic E-state index is 0.248. The second kappa shape index (κ2) is 7.04. The van der Waals surface area contributed by atoms with Crippen molar-refractivity contribution in [2.45, 2.75) is 13.5 Å². The highest BCUT2D eigenvalue weighted by Crippen LogP contribution is 2.25. The number of hydrogen-bond acceptors (Lipinski definition) is 4. The Morgan fingerprint density at radius 3 is 2.71 bits per heavy atom. The van der Waals surface area contributed by atoms with E-state index in [4.69, 9.17) is 4.74 Å².